The molecule has 3 N–H and O–H groups in total. The summed E-state index contributed by atoms with van der Waals surface area (Å²) in [5.41, 5.74) is 2.46. The number of anilines is 2. The van der Waals surface area contributed by atoms with Crippen LogP contribution in [0.5, 0.6) is 0 Å². The Labute approximate surface area is 77.3 Å². The fourth-order valence-corrected chi connectivity index (χ4v) is 0.922. The van der Waals surface area contributed by atoms with Gasteiger partial charge in [-0.1, -0.05) is 6.08 Å². The summed E-state index contributed by atoms with van der Waals surface area (Å²) in [6.07, 6.45) is 3.27. The van der Waals surface area contributed by atoms with Gasteiger partial charge in [0.1, 0.15) is 18.0 Å². The van der Waals surface area contributed by atoms with E-state index in [4.69, 9.17) is 5.84 Å². The Balaban J connectivity index is 2.81. The Morgan fingerprint density at radius 3 is 3.08 bits per heavy atom. The van der Waals surface area contributed by atoms with Crippen LogP contribution in [0.4, 0.5) is 11.6 Å². The molecule has 0 unspecified atom stereocenters. The van der Waals surface area contributed by atoms with Crippen LogP contribution in [0.3, 0.4) is 0 Å². The Hall–Kier alpha value is -1.62. The smallest absolute Gasteiger partial charge is 0.145 e. The lowest BCUT2D eigenvalue weighted by Gasteiger charge is -2.15. The number of hydrogen-bond acceptors (Lipinski definition) is 5. The largest absolute Gasteiger partial charge is 0.356 e. The van der Waals surface area contributed by atoms with Gasteiger partial charge in [-0.3, -0.25) is 0 Å². The molecule has 0 aliphatic carbocycles. The average Bonchev–Trinajstić information content (AvgIpc) is 2.18. The molecule has 0 saturated heterocycles. The van der Waals surface area contributed by atoms with Crippen molar-refractivity contribution < 1.29 is 0 Å². The monoisotopic (exact) mass is 179 g/mol. The van der Waals surface area contributed by atoms with Crippen LogP contribution >= 0.6 is 0 Å². The molecule has 0 atom stereocenters. The summed E-state index contributed by atoms with van der Waals surface area (Å²) >= 11 is 0. The summed E-state index contributed by atoms with van der Waals surface area (Å²) in [5.74, 6) is 6.62. The molecule has 70 valence electrons. The molecule has 5 nitrogen and oxygen atoms in total. The molecule has 1 aromatic heterocycles. The molecule has 1 aromatic rings. The van der Waals surface area contributed by atoms with Crippen LogP contribution < -0.4 is 16.2 Å². The maximum Gasteiger partial charge on any atom is 0.145 e. The van der Waals surface area contributed by atoms with E-state index >= 15 is 0 Å². The molecule has 0 aliphatic rings. The molecule has 13 heavy (non-hydrogen) atoms. The Kier molecular flexibility index (Phi) is 3.22. The molecule has 0 aromatic carbocycles. The molecule has 0 radical (unpaired) electrons. The van der Waals surface area contributed by atoms with Gasteiger partial charge in [0.15, 0.2) is 0 Å². The predicted molar refractivity (Wildman–Crippen MR) is 53.3 cm³/mol. The molecule has 1 heterocycles. The Morgan fingerprint density at radius 1 is 1.69 bits per heavy atom. The molecular formula is C8H13N5. The van der Waals surface area contributed by atoms with Crippen molar-refractivity contribution in [2.75, 3.05) is 23.9 Å². The number of likely N-dealkylation sites (N-methyl/N-ethyl adjacent to an activating group) is 1. The lowest BCUT2D eigenvalue weighted by molar-refractivity contribution is 0.974. The van der Waals surface area contributed by atoms with Crippen molar-refractivity contribution in [1.29, 1.82) is 0 Å². The van der Waals surface area contributed by atoms with Crippen molar-refractivity contribution in [2.24, 2.45) is 5.84 Å². The summed E-state index contributed by atoms with van der Waals surface area (Å²) in [4.78, 5) is 9.92. The molecule has 0 fully saturated rings. The Bertz CT molecular complexity index is 286. The SMILES string of the molecule is C=CCN(C)c1cc(NN)ncn1. The van der Waals surface area contributed by atoms with E-state index in [0.29, 0.717) is 5.82 Å². The molecule has 1 rings (SSSR count). The second-order valence-corrected chi connectivity index (χ2v) is 2.57. The molecule has 0 bridgehead atoms. The normalized spacial score (nSPS) is 9.38. The van der Waals surface area contributed by atoms with E-state index in [0.717, 1.165) is 12.4 Å². The van der Waals surface area contributed by atoms with E-state index in [2.05, 4.69) is 22.0 Å². The predicted octanol–water partition coefficient (Wildman–Crippen LogP) is 0.384. The molecule has 5 heteroatoms. The zero-order valence-corrected chi connectivity index (χ0v) is 7.57. The van der Waals surface area contributed by atoms with Gasteiger partial charge in [0.2, 0.25) is 0 Å². The molecule has 0 amide bonds. The van der Waals surface area contributed by atoms with E-state index in [-0.39, 0.29) is 0 Å². The summed E-state index contributed by atoms with van der Waals surface area (Å²) in [6.45, 7) is 4.38. The maximum atomic E-state index is 5.21. The zero-order chi connectivity index (χ0) is 9.68. The molecular weight excluding hydrogens is 166 g/mol. The molecule has 0 spiro atoms. The number of hydrogen-bond donors (Lipinski definition) is 2. The first-order valence-electron chi connectivity index (χ1n) is 3.88. The molecule has 0 aliphatic heterocycles. The van der Waals surface area contributed by atoms with Crippen molar-refractivity contribution in [3.63, 3.8) is 0 Å². The highest BCUT2D eigenvalue weighted by molar-refractivity contribution is 5.47. The van der Waals surface area contributed by atoms with Crippen molar-refractivity contribution in [1.82, 2.24) is 9.97 Å². The van der Waals surface area contributed by atoms with Gasteiger partial charge in [-0.15, -0.1) is 6.58 Å². The fraction of sp³-hybridized carbons (Fsp3) is 0.250. The summed E-state index contributed by atoms with van der Waals surface area (Å²) in [6, 6.07) is 1.77. The van der Waals surface area contributed by atoms with Gasteiger partial charge in [-0.2, -0.15) is 0 Å². The van der Waals surface area contributed by atoms with E-state index in [1.165, 1.54) is 6.33 Å². The third kappa shape index (κ3) is 2.41. The summed E-state index contributed by atoms with van der Waals surface area (Å²) in [5, 5.41) is 0. The number of nitrogens with one attached hydrogen (secondary N) is 1. The minimum atomic E-state index is 0.598. The standard InChI is InChI=1S/C8H13N5/c1-3-4-13(2)8-5-7(12-9)10-6-11-8/h3,5-6H,1,4,9H2,2H3,(H,10,11,12). The number of nitrogen functional groups attached to an aromatic ring is 1. The minimum Gasteiger partial charge on any atom is -0.356 e. The quantitative estimate of drug-likeness (QED) is 0.397. The average molecular weight is 179 g/mol. The first-order chi connectivity index (χ1) is 6.27. The first kappa shape index (κ1) is 9.47. The van der Waals surface area contributed by atoms with Gasteiger partial charge in [0.05, 0.1) is 0 Å². The van der Waals surface area contributed by atoms with E-state index < -0.39 is 0 Å². The minimum absolute atomic E-state index is 0.598. The van der Waals surface area contributed by atoms with Gasteiger partial charge < -0.3 is 10.3 Å². The van der Waals surface area contributed by atoms with Crippen molar-refractivity contribution in [3.05, 3.63) is 25.0 Å². The Morgan fingerprint density at radius 2 is 2.46 bits per heavy atom. The third-order valence-electron chi connectivity index (χ3n) is 1.59. The van der Waals surface area contributed by atoms with E-state index in [1.54, 1.807) is 12.1 Å². The second kappa shape index (κ2) is 4.42. The summed E-state index contributed by atoms with van der Waals surface area (Å²) < 4.78 is 0. The van der Waals surface area contributed by atoms with Crippen LogP contribution in [0, 0.1) is 0 Å². The topological polar surface area (TPSA) is 67.1 Å². The van der Waals surface area contributed by atoms with Gasteiger partial charge in [-0.05, 0) is 0 Å². The number of nitrogens with zero attached hydrogens (tertiary/aromatic N) is 3. The van der Waals surface area contributed by atoms with Crippen LogP contribution in [0.15, 0.2) is 25.0 Å². The highest BCUT2D eigenvalue weighted by Crippen LogP contribution is 2.10. The van der Waals surface area contributed by atoms with Crippen LogP contribution in [-0.4, -0.2) is 23.6 Å². The van der Waals surface area contributed by atoms with Crippen LogP contribution in [-0.2, 0) is 0 Å². The highest BCUT2D eigenvalue weighted by atomic mass is 15.3. The summed E-state index contributed by atoms with van der Waals surface area (Å²) in [7, 11) is 1.92. The third-order valence-corrected chi connectivity index (χ3v) is 1.59. The van der Waals surface area contributed by atoms with Crippen molar-refractivity contribution in [3.8, 4) is 0 Å². The van der Waals surface area contributed by atoms with Crippen LogP contribution in [0.25, 0.3) is 0 Å². The lowest BCUT2D eigenvalue weighted by atomic mass is 10.4. The van der Waals surface area contributed by atoms with Crippen LogP contribution in [0.2, 0.25) is 0 Å². The van der Waals surface area contributed by atoms with Gasteiger partial charge in [0, 0.05) is 19.7 Å². The fourth-order valence-electron chi connectivity index (χ4n) is 0.922. The van der Waals surface area contributed by atoms with E-state index in [9.17, 15) is 0 Å². The van der Waals surface area contributed by atoms with Gasteiger partial charge in [-0.25, -0.2) is 15.8 Å². The van der Waals surface area contributed by atoms with Gasteiger partial charge in [0.25, 0.3) is 0 Å². The maximum absolute atomic E-state index is 5.21. The van der Waals surface area contributed by atoms with Crippen molar-refractivity contribution in [2.45, 2.75) is 0 Å². The first-order valence-corrected chi connectivity index (χ1v) is 3.88. The highest BCUT2D eigenvalue weighted by Gasteiger charge is 2.00. The van der Waals surface area contributed by atoms with E-state index in [1.807, 2.05) is 11.9 Å². The number of aromatic nitrogens is 2. The second-order valence-electron chi connectivity index (χ2n) is 2.57. The van der Waals surface area contributed by atoms with Crippen LogP contribution in [0.1, 0.15) is 0 Å². The zero-order valence-electron chi connectivity index (χ0n) is 7.57. The molecule has 0 saturated carbocycles. The number of nitrogens with two attached hydrogens (primary N) is 1. The number of hydrazine groups is 1. The number of rotatable bonds is 4. The van der Waals surface area contributed by atoms with Crippen molar-refractivity contribution >= 4 is 11.6 Å². The lowest BCUT2D eigenvalue weighted by Crippen LogP contribution is -2.19. The van der Waals surface area contributed by atoms with Gasteiger partial charge >= 0.3 is 0 Å².